The van der Waals surface area contributed by atoms with E-state index in [2.05, 4.69) is 27.8 Å². The molecule has 0 spiro atoms. The summed E-state index contributed by atoms with van der Waals surface area (Å²) in [6.07, 6.45) is 0. The number of hydrogen-bond donors (Lipinski definition) is 0. The molecule has 0 saturated carbocycles. The minimum atomic E-state index is 0.752. The van der Waals surface area contributed by atoms with Gasteiger partial charge in [0, 0.05) is 26.2 Å². The highest BCUT2D eigenvalue weighted by Gasteiger charge is 2.19. The molecule has 18 heavy (non-hydrogen) atoms. The first-order chi connectivity index (χ1) is 8.78. The fourth-order valence-electron chi connectivity index (χ4n) is 2.29. The van der Waals surface area contributed by atoms with Crippen molar-refractivity contribution in [1.29, 1.82) is 0 Å². The fourth-order valence-corrected chi connectivity index (χ4v) is 3.61. The van der Waals surface area contributed by atoms with E-state index in [0.29, 0.717) is 0 Å². The SMILES string of the molecule is CCN1CCN(c2nc3c(Cl)cccc3s2)CC1. The van der Waals surface area contributed by atoms with Crippen molar-refractivity contribution >= 4 is 38.3 Å². The van der Waals surface area contributed by atoms with Crippen LogP contribution in [0.3, 0.4) is 0 Å². The fraction of sp³-hybridized carbons (Fsp3) is 0.462. The van der Waals surface area contributed by atoms with Crippen LogP contribution in [0.5, 0.6) is 0 Å². The third-order valence-corrected chi connectivity index (χ3v) is 4.83. The van der Waals surface area contributed by atoms with Crippen LogP contribution in [0.1, 0.15) is 6.92 Å². The lowest BCUT2D eigenvalue weighted by molar-refractivity contribution is 0.271. The highest BCUT2D eigenvalue weighted by atomic mass is 35.5. The van der Waals surface area contributed by atoms with Gasteiger partial charge in [-0.2, -0.15) is 0 Å². The lowest BCUT2D eigenvalue weighted by Crippen LogP contribution is -2.46. The Balaban J connectivity index is 1.85. The molecule has 3 rings (SSSR count). The van der Waals surface area contributed by atoms with E-state index in [-0.39, 0.29) is 0 Å². The topological polar surface area (TPSA) is 19.4 Å². The van der Waals surface area contributed by atoms with Crippen molar-refractivity contribution in [3.8, 4) is 0 Å². The molecular formula is C13H16ClN3S. The van der Waals surface area contributed by atoms with E-state index in [1.54, 1.807) is 11.3 Å². The van der Waals surface area contributed by atoms with Gasteiger partial charge < -0.3 is 9.80 Å². The summed E-state index contributed by atoms with van der Waals surface area (Å²) in [5.41, 5.74) is 0.942. The molecule has 0 atom stereocenters. The molecule has 2 aromatic rings. The molecule has 96 valence electrons. The minimum Gasteiger partial charge on any atom is -0.345 e. The van der Waals surface area contributed by atoms with Crippen molar-refractivity contribution in [1.82, 2.24) is 9.88 Å². The molecule has 1 aliphatic heterocycles. The Labute approximate surface area is 116 Å². The van der Waals surface area contributed by atoms with E-state index in [4.69, 9.17) is 11.6 Å². The predicted octanol–water partition coefficient (Wildman–Crippen LogP) is 3.09. The number of fused-ring (bicyclic) bond motifs is 1. The first-order valence-corrected chi connectivity index (χ1v) is 7.49. The lowest BCUT2D eigenvalue weighted by Gasteiger charge is -2.33. The summed E-state index contributed by atoms with van der Waals surface area (Å²) in [4.78, 5) is 9.52. The maximum Gasteiger partial charge on any atom is 0.186 e. The number of likely N-dealkylation sites (N-methyl/N-ethyl adjacent to an activating group) is 1. The summed E-state index contributed by atoms with van der Waals surface area (Å²) in [6, 6.07) is 5.98. The number of thiazole rings is 1. The molecule has 2 heterocycles. The van der Waals surface area contributed by atoms with Crippen molar-refractivity contribution in [3.63, 3.8) is 0 Å². The molecule has 1 fully saturated rings. The zero-order chi connectivity index (χ0) is 12.5. The summed E-state index contributed by atoms with van der Waals surface area (Å²) >= 11 is 7.91. The van der Waals surface area contributed by atoms with Gasteiger partial charge in [0.15, 0.2) is 5.13 Å². The molecule has 0 amide bonds. The molecule has 0 bridgehead atoms. The average Bonchev–Trinajstić information content (AvgIpc) is 2.84. The molecule has 1 aromatic carbocycles. The normalized spacial score (nSPS) is 17.6. The van der Waals surface area contributed by atoms with Gasteiger partial charge >= 0.3 is 0 Å². The van der Waals surface area contributed by atoms with Crippen molar-refractivity contribution in [2.24, 2.45) is 0 Å². The van der Waals surface area contributed by atoms with Crippen LogP contribution in [-0.2, 0) is 0 Å². The molecule has 1 saturated heterocycles. The molecule has 0 radical (unpaired) electrons. The standard InChI is InChI=1S/C13H16ClN3S/c1-2-16-6-8-17(9-7-16)13-15-12-10(14)4-3-5-11(12)18-13/h3-5H,2,6-9H2,1H3. The Morgan fingerprint density at radius 3 is 2.72 bits per heavy atom. The van der Waals surface area contributed by atoms with Gasteiger partial charge in [-0.05, 0) is 18.7 Å². The maximum absolute atomic E-state index is 6.17. The number of halogens is 1. The second-order valence-corrected chi connectivity index (χ2v) is 5.92. The number of aromatic nitrogens is 1. The smallest absolute Gasteiger partial charge is 0.186 e. The van der Waals surface area contributed by atoms with E-state index in [0.717, 1.165) is 48.4 Å². The molecule has 5 heteroatoms. The second-order valence-electron chi connectivity index (χ2n) is 4.50. The zero-order valence-corrected chi connectivity index (χ0v) is 12.0. The van der Waals surface area contributed by atoms with Crippen LogP contribution < -0.4 is 4.90 Å². The zero-order valence-electron chi connectivity index (χ0n) is 10.4. The molecule has 0 aliphatic carbocycles. The Kier molecular flexibility index (Phi) is 3.41. The summed E-state index contributed by atoms with van der Waals surface area (Å²) in [6.45, 7) is 7.73. The van der Waals surface area contributed by atoms with Crippen LogP contribution in [-0.4, -0.2) is 42.6 Å². The van der Waals surface area contributed by atoms with Gasteiger partial charge in [0.2, 0.25) is 0 Å². The molecule has 0 unspecified atom stereocenters. The summed E-state index contributed by atoms with van der Waals surface area (Å²) in [5.74, 6) is 0. The van der Waals surface area contributed by atoms with E-state index in [9.17, 15) is 0 Å². The first kappa shape index (κ1) is 12.2. The van der Waals surface area contributed by atoms with Crippen LogP contribution in [0.2, 0.25) is 5.02 Å². The quantitative estimate of drug-likeness (QED) is 0.843. The third kappa shape index (κ3) is 2.20. The minimum absolute atomic E-state index is 0.752. The number of anilines is 1. The monoisotopic (exact) mass is 281 g/mol. The Morgan fingerprint density at radius 2 is 2.06 bits per heavy atom. The van der Waals surface area contributed by atoms with Gasteiger partial charge in [-0.15, -0.1) is 0 Å². The highest BCUT2D eigenvalue weighted by Crippen LogP contribution is 2.32. The van der Waals surface area contributed by atoms with Gasteiger partial charge in [0.25, 0.3) is 0 Å². The van der Waals surface area contributed by atoms with E-state index >= 15 is 0 Å². The van der Waals surface area contributed by atoms with Crippen LogP contribution >= 0.6 is 22.9 Å². The van der Waals surface area contributed by atoms with Crippen molar-refractivity contribution in [2.45, 2.75) is 6.92 Å². The molecule has 1 aromatic heterocycles. The predicted molar refractivity (Wildman–Crippen MR) is 79.0 cm³/mol. The number of benzene rings is 1. The van der Waals surface area contributed by atoms with Gasteiger partial charge in [-0.1, -0.05) is 35.9 Å². The summed E-state index contributed by atoms with van der Waals surface area (Å²) in [7, 11) is 0. The molecule has 0 N–H and O–H groups in total. The second kappa shape index (κ2) is 5.03. The van der Waals surface area contributed by atoms with Gasteiger partial charge in [0.1, 0.15) is 5.52 Å². The number of nitrogens with zero attached hydrogens (tertiary/aromatic N) is 3. The Morgan fingerprint density at radius 1 is 1.28 bits per heavy atom. The number of piperazine rings is 1. The number of para-hydroxylation sites is 1. The first-order valence-electron chi connectivity index (χ1n) is 6.30. The Hall–Kier alpha value is -0.840. The summed E-state index contributed by atoms with van der Waals surface area (Å²) in [5, 5.41) is 1.86. The molecule has 3 nitrogen and oxygen atoms in total. The van der Waals surface area contributed by atoms with E-state index in [1.165, 1.54) is 4.70 Å². The number of hydrogen-bond acceptors (Lipinski definition) is 4. The molecular weight excluding hydrogens is 266 g/mol. The van der Waals surface area contributed by atoms with E-state index in [1.807, 2.05) is 12.1 Å². The van der Waals surface area contributed by atoms with Crippen molar-refractivity contribution in [3.05, 3.63) is 23.2 Å². The summed E-state index contributed by atoms with van der Waals surface area (Å²) < 4.78 is 1.18. The largest absolute Gasteiger partial charge is 0.345 e. The third-order valence-electron chi connectivity index (χ3n) is 3.45. The van der Waals surface area contributed by atoms with Crippen molar-refractivity contribution < 1.29 is 0 Å². The van der Waals surface area contributed by atoms with Crippen LogP contribution in [0.25, 0.3) is 10.2 Å². The van der Waals surface area contributed by atoms with Crippen molar-refractivity contribution in [2.75, 3.05) is 37.6 Å². The van der Waals surface area contributed by atoms with Gasteiger partial charge in [-0.3, -0.25) is 0 Å². The van der Waals surface area contributed by atoms with Crippen LogP contribution in [0.4, 0.5) is 5.13 Å². The van der Waals surface area contributed by atoms with E-state index < -0.39 is 0 Å². The average molecular weight is 282 g/mol. The Bertz CT molecular complexity index is 546. The maximum atomic E-state index is 6.17. The lowest BCUT2D eigenvalue weighted by atomic mass is 10.3. The van der Waals surface area contributed by atoms with Crippen LogP contribution in [0.15, 0.2) is 18.2 Å². The highest BCUT2D eigenvalue weighted by molar-refractivity contribution is 7.22. The van der Waals surface area contributed by atoms with Gasteiger partial charge in [0.05, 0.1) is 9.72 Å². The number of rotatable bonds is 2. The van der Waals surface area contributed by atoms with Crippen LogP contribution in [0, 0.1) is 0 Å². The molecule has 1 aliphatic rings. The van der Waals surface area contributed by atoms with Gasteiger partial charge in [-0.25, -0.2) is 4.98 Å².